The van der Waals surface area contributed by atoms with Gasteiger partial charge in [-0.25, -0.2) is 10.2 Å². The highest BCUT2D eigenvalue weighted by molar-refractivity contribution is 5.90. The minimum absolute atomic E-state index is 0.403. The van der Waals surface area contributed by atoms with Gasteiger partial charge in [0.2, 0.25) is 0 Å². The van der Waals surface area contributed by atoms with Gasteiger partial charge in [-0.3, -0.25) is 14.9 Å². The lowest BCUT2D eigenvalue weighted by atomic mass is 10.0. The Morgan fingerprint density at radius 1 is 1.40 bits per heavy atom. The van der Waals surface area contributed by atoms with Crippen molar-refractivity contribution in [1.29, 1.82) is 0 Å². The summed E-state index contributed by atoms with van der Waals surface area (Å²) in [6.45, 7) is 2.01. The highest BCUT2D eigenvalue weighted by atomic mass is 16.5. The summed E-state index contributed by atoms with van der Waals surface area (Å²) in [6, 6.07) is 8.58. The average Bonchev–Trinajstić information content (AvgIpc) is 3.27. The number of hydrogen-bond acceptors (Lipinski definition) is 6. The number of nitrogens with one attached hydrogen (secondary N) is 1. The molecule has 0 radical (unpaired) electrons. The van der Waals surface area contributed by atoms with Crippen LogP contribution in [0.1, 0.15) is 35.8 Å². The smallest absolute Gasteiger partial charge is 0.267 e. The third-order valence-corrected chi connectivity index (χ3v) is 4.55. The zero-order chi connectivity index (χ0) is 17.6. The van der Waals surface area contributed by atoms with Gasteiger partial charge in [0.05, 0.1) is 0 Å². The van der Waals surface area contributed by atoms with Gasteiger partial charge >= 0.3 is 0 Å². The summed E-state index contributed by atoms with van der Waals surface area (Å²) in [5.41, 5.74) is 3.77. The van der Waals surface area contributed by atoms with Gasteiger partial charge in [0.1, 0.15) is 0 Å². The lowest BCUT2D eigenvalue weighted by molar-refractivity contribution is -0.124. The van der Waals surface area contributed by atoms with Crippen molar-refractivity contribution in [2.24, 2.45) is 7.05 Å². The SMILES string of the molecule is Cn1nnnc1CCN1CCC[C@H]1c1ccc(C=CC(=O)NO)cc1. The minimum Gasteiger partial charge on any atom is -0.296 e. The molecule has 1 saturated heterocycles. The quantitative estimate of drug-likeness (QED) is 0.464. The van der Waals surface area contributed by atoms with Crippen molar-refractivity contribution in [1.82, 2.24) is 30.6 Å². The van der Waals surface area contributed by atoms with Crippen LogP contribution in [0, 0.1) is 0 Å². The highest BCUT2D eigenvalue weighted by Crippen LogP contribution is 2.32. The van der Waals surface area contributed by atoms with Crippen molar-refractivity contribution in [3.63, 3.8) is 0 Å². The summed E-state index contributed by atoms with van der Waals surface area (Å²) in [5, 5.41) is 20.1. The normalized spacial score (nSPS) is 18.1. The number of hydrogen-bond donors (Lipinski definition) is 2. The number of amides is 1. The average molecular weight is 342 g/mol. The molecule has 2 heterocycles. The lowest BCUT2D eigenvalue weighted by Gasteiger charge is -2.24. The van der Waals surface area contributed by atoms with Crippen LogP contribution < -0.4 is 5.48 Å². The van der Waals surface area contributed by atoms with Crippen molar-refractivity contribution >= 4 is 12.0 Å². The van der Waals surface area contributed by atoms with E-state index in [0.717, 1.165) is 37.3 Å². The Bertz CT molecular complexity index is 740. The fourth-order valence-corrected chi connectivity index (χ4v) is 3.21. The maximum atomic E-state index is 11.0. The van der Waals surface area contributed by atoms with Crippen LogP contribution in [0.3, 0.4) is 0 Å². The Labute approximate surface area is 146 Å². The summed E-state index contributed by atoms with van der Waals surface area (Å²) in [7, 11) is 1.86. The zero-order valence-electron chi connectivity index (χ0n) is 14.2. The number of likely N-dealkylation sites (tertiary alicyclic amines) is 1. The number of nitrogens with zero attached hydrogens (tertiary/aromatic N) is 5. The highest BCUT2D eigenvalue weighted by Gasteiger charge is 2.25. The Morgan fingerprint density at radius 2 is 2.20 bits per heavy atom. The first-order chi connectivity index (χ1) is 12.2. The number of hydroxylamine groups is 1. The molecule has 0 saturated carbocycles. The molecule has 0 bridgehead atoms. The van der Waals surface area contributed by atoms with Crippen molar-refractivity contribution in [2.75, 3.05) is 13.1 Å². The van der Waals surface area contributed by atoms with E-state index in [4.69, 9.17) is 5.21 Å². The summed E-state index contributed by atoms with van der Waals surface area (Å²) in [6.07, 6.45) is 6.12. The van der Waals surface area contributed by atoms with Gasteiger partial charge in [-0.2, -0.15) is 0 Å². The van der Waals surface area contributed by atoms with E-state index in [0.29, 0.717) is 6.04 Å². The van der Waals surface area contributed by atoms with E-state index in [9.17, 15) is 4.79 Å². The summed E-state index contributed by atoms with van der Waals surface area (Å²) < 4.78 is 1.72. The van der Waals surface area contributed by atoms with Crippen LogP contribution in [-0.2, 0) is 18.3 Å². The molecule has 2 N–H and O–H groups in total. The predicted octanol–water partition coefficient (Wildman–Crippen LogP) is 1.11. The second-order valence-electron chi connectivity index (χ2n) is 6.14. The molecule has 8 nitrogen and oxygen atoms in total. The van der Waals surface area contributed by atoms with Gasteiger partial charge in [-0.1, -0.05) is 24.3 Å². The van der Waals surface area contributed by atoms with Crippen LogP contribution in [0.2, 0.25) is 0 Å². The molecule has 3 rings (SSSR count). The molecular weight excluding hydrogens is 320 g/mol. The predicted molar refractivity (Wildman–Crippen MR) is 91.5 cm³/mol. The number of rotatable bonds is 6. The minimum atomic E-state index is -0.538. The van der Waals surface area contributed by atoms with Crippen LogP contribution in [0.4, 0.5) is 0 Å². The number of aryl methyl sites for hydroxylation is 1. The number of aromatic nitrogens is 4. The van der Waals surface area contributed by atoms with E-state index in [1.54, 1.807) is 16.2 Å². The summed E-state index contributed by atoms with van der Waals surface area (Å²) in [4.78, 5) is 13.5. The summed E-state index contributed by atoms with van der Waals surface area (Å²) in [5.74, 6) is 0.359. The molecule has 1 fully saturated rings. The van der Waals surface area contributed by atoms with E-state index in [1.165, 1.54) is 18.1 Å². The van der Waals surface area contributed by atoms with E-state index < -0.39 is 5.91 Å². The molecule has 0 unspecified atom stereocenters. The largest absolute Gasteiger partial charge is 0.296 e. The molecule has 132 valence electrons. The van der Waals surface area contributed by atoms with Crippen LogP contribution in [-0.4, -0.2) is 49.3 Å². The first-order valence-corrected chi connectivity index (χ1v) is 8.35. The van der Waals surface area contributed by atoms with Gasteiger partial charge in [-0.05, 0) is 47.0 Å². The second kappa shape index (κ2) is 8.00. The second-order valence-corrected chi connectivity index (χ2v) is 6.14. The fraction of sp³-hybridized carbons (Fsp3) is 0.412. The first-order valence-electron chi connectivity index (χ1n) is 8.35. The fourth-order valence-electron chi connectivity index (χ4n) is 3.21. The van der Waals surface area contributed by atoms with Crippen molar-refractivity contribution in [2.45, 2.75) is 25.3 Å². The van der Waals surface area contributed by atoms with Crippen LogP contribution in [0.25, 0.3) is 6.08 Å². The molecule has 8 heteroatoms. The monoisotopic (exact) mass is 342 g/mol. The third-order valence-electron chi connectivity index (χ3n) is 4.55. The molecular formula is C17H22N6O2. The molecule has 1 aliphatic heterocycles. The molecule has 1 aliphatic rings. The Hall–Kier alpha value is -2.58. The molecule has 1 aromatic heterocycles. The topological polar surface area (TPSA) is 96.2 Å². The number of benzene rings is 1. The van der Waals surface area contributed by atoms with E-state index in [2.05, 4.69) is 32.6 Å². The molecule has 1 amide bonds. The Morgan fingerprint density at radius 3 is 2.88 bits per heavy atom. The third kappa shape index (κ3) is 4.28. The standard InChI is InChI=1S/C17H22N6O2/c1-22-16(18-20-21-22)10-12-23-11-2-3-15(23)14-7-4-13(5-8-14)6-9-17(24)19-25/h4-9,15,25H,2-3,10-12H2,1H3,(H,19,24)/t15-/m0/s1. The van der Waals surface area contributed by atoms with Crippen LogP contribution >= 0.6 is 0 Å². The maximum absolute atomic E-state index is 11.0. The van der Waals surface area contributed by atoms with E-state index >= 15 is 0 Å². The number of carbonyl (C=O) groups excluding carboxylic acids is 1. The molecule has 1 atom stereocenters. The lowest BCUT2D eigenvalue weighted by Crippen LogP contribution is -2.26. The van der Waals surface area contributed by atoms with Gasteiger partial charge in [0.15, 0.2) is 5.82 Å². The summed E-state index contributed by atoms with van der Waals surface area (Å²) >= 11 is 0. The van der Waals surface area contributed by atoms with Crippen molar-refractivity contribution in [3.05, 3.63) is 47.3 Å². The molecule has 0 aliphatic carbocycles. The Kier molecular flexibility index (Phi) is 5.52. The van der Waals surface area contributed by atoms with E-state index in [-0.39, 0.29) is 0 Å². The van der Waals surface area contributed by atoms with E-state index in [1.807, 2.05) is 19.2 Å². The molecule has 1 aromatic carbocycles. The first kappa shape index (κ1) is 17.2. The van der Waals surface area contributed by atoms with Crippen LogP contribution in [0.5, 0.6) is 0 Å². The number of tetrazole rings is 1. The van der Waals surface area contributed by atoms with Crippen LogP contribution in [0.15, 0.2) is 30.3 Å². The molecule has 2 aromatic rings. The Balaban J connectivity index is 1.62. The van der Waals surface area contributed by atoms with Crippen molar-refractivity contribution < 1.29 is 10.0 Å². The zero-order valence-corrected chi connectivity index (χ0v) is 14.2. The van der Waals surface area contributed by atoms with Gasteiger partial charge in [0.25, 0.3) is 5.91 Å². The van der Waals surface area contributed by atoms with Gasteiger partial charge < -0.3 is 0 Å². The van der Waals surface area contributed by atoms with Gasteiger partial charge in [-0.15, -0.1) is 5.10 Å². The van der Waals surface area contributed by atoms with Crippen molar-refractivity contribution in [3.8, 4) is 0 Å². The molecule has 0 spiro atoms. The number of carbonyl (C=O) groups is 1. The van der Waals surface area contributed by atoms with Gasteiger partial charge in [0, 0.05) is 32.1 Å². The molecule has 25 heavy (non-hydrogen) atoms. The maximum Gasteiger partial charge on any atom is 0.267 e.